The third-order valence-electron chi connectivity index (χ3n) is 4.82. The number of ether oxygens (including phenoxy) is 1. The van der Waals surface area contributed by atoms with E-state index in [2.05, 4.69) is 67.7 Å². The molecule has 3 aromatic rings. The summed E-state index contributed by atoms with van der Waals surface area (Å²) >= 11 is 0. The van der Waals surface area contributed by atoms with E-state index in [1.165, 1.54) is 22.3 Å². The minimum absolute atomic E-state index is 0.117. The van der Waals surface area contributed by atoms with Crippen LogP contribution >= 0.6 is 0 Å². The number of benzene rings is 3. The van der Waals surface area contributed by atoms with Crippen molar-refractivity contribution in [2.45, 2.75) is 19.3 Å². The minimum atomic E-state index is -0.117. The lowest BCUT2D eigenvalue weighted by Crippen LogP contribution is -2.26. The second-order valence-electron chi connectivity index (χ2n) is 6.93. The topological polar surface area (TPSA) is 38.3 Å². The maximum absolute atomic E-state index is 12.3. The molecule has 1 amide bonds. The summed E-state index contributed by atoms with van der Waals surface area (Å²) in [7, 11) is 1.57. The molecule has 143 valence electrons. The highest BCUT2D eigenvalue weighted by Crippen LogP contribution is 2.23. The van der Waals surface area contributed by atoms with E-state index in [0.29, 0.717) is 23.8 Å². The van der Waals surface area contributed by atoms with E-state index in [-0.39, 0.29) is 5.91 Å². The van der Waals surface area contributed by atoms with Crippen LogP contribution in [-0.2, 0) is 6.42 Å². The van der Waals surface area contributed by atoms with E-state index < -0.39 is 0 Å². The van der Waals surface area contributed by atoms with Gasteiger partial charge in [-0.05, 0) is 53.6 Å². The second kappa shape index (κ2) is 9.23. The van der Waals surface area contributed by atoms with E-state index in [1.54, 1.807) is 19.2 Å². The lowest BCUT2D eigenvalue weighted by atomic mass is 9.98. The van der Waals surface area contributed by atoms with E-state index in [4.69, 9.17) is 4.74 Å². The molecular weight excluding hydrogens is 346 g/mol. The number of para-hydroxylation sites is 1. The van der Waals surface area contributed by atoms with Crippen molar-refractivity contribution in [3.05, 3.63) is 96.4 Å². The summed E-state index contributed by atoms with van der Waals surface area (Å²) < 4.78 is 5.24. The molecule has 0 aromatic heterocycles. The van der Waals surface area contributed by atoms with Gasteiger partial charge in [-0.3, -0.25) is 4.79 Å². The Kier molecular flexibility index (Phi) is 6.49. The monoisotopic (exact) mass is 372 g/mol. The van der Waals surface area contributed by atoms with Crippen molar-refractivity contribution < 1.29 is 9.53 Å². The summed E-state index contributed by atoms with van der Waals surface area (Å²) in [5, 5.41) is 2.96. The first-order valence-corrected chi connectivity index (χ1v) is 9.52. The molecule has 3 rings (SSSR count). The van der Waals surface area contributed by atoms with Crippen LogP contribution in [0.4, 0.5) is 0 Å². The van der Waals surface area contributed by atoms with Crippen LogP contribution in [0.3, 0.4) is 0 Å². The Morgan fingerprint density at radius 1 is 0.964 bits per heavy atom. The normalized spacial score (nSPS) is 10.7. The van der Waals surface area contributed by atoms with Crippen molar-refractivity contribution in [3.8, 4) is 16.9 Å². The molecule has 0 aliphatic carbocycles. The third kappa shape index (κ3) is 4.80. The highest BCUT2D eigenvalue weighted by Gasteiger charge is 2.10. The number of nitrogens with one attached hydrogen (secondary N) is 1. The molecule has 3 heteroatoms. The van der Waals surface area contributed by atoms with Crippen LogP contribution < -0.4 is 10.1 Å². The number of rotatable bonds is 7. The van der Waals surface area contributed by atoms with Crippen LogP contribution in [0.25, 0.3) is 11.1 Å². The fraction of sp³-hybridized carbons (Fsp3) is 0.200. The van der Waals surface area contributed by atoms with E-state index in [1.807, 2.05) is 12.1 Å². The molecule has 1 N–H and O–H groups in total. The van der Waals surface area contributed by atoms with Gasteiger partial charge >= 0.3 is 0 Å². The van der Waals surface area contributed by atoms with Gasteiger partial charge in [0, 0.05) is 6.54 Å². The quantitative estimate of drug-likeness (QED) is 0.613. The molecule has 1 radical (unpaired) electrons. The van der Waals surface area contributed by atoms with Gasteiger partial charge in [0.05, 0.1) is 12.7 Å². The van der Waals surface area contributed by atoms with Gasteiger partial charge in [0.25, 0.3) is 5.91 Å². The van der Waals surface area contributed by atoms with Crippen molar-refractivity contribution >= 4 is 5.91 Å². The third-order valence-corrected chi connectivity index (χ3v) is 4.82. The van der Waals surface area contributed by atoms with Crippen LogP contribution in [0.1, 0.15) is 34.3 Å². The zero-order valence-electron chi connectivity index (χ0n) is 16.4. The van der Waals surface area contributed by atoms with Gasteiger partial charge in [-0.15, -0.1) is 0 Å². The van der Waals surface area contributed by atoms with Crippen LogP contribution in [0.2, 0.25) is 0 Å². The number of amides is 1. The standard InChI is InChI=1S/C25H26NO2/c1-18(2)20-12-14-22(15-13-20)21-10-8-19(9-11-21)16-17-26-25(27)23-6-4-5-7-24(23)28-3/h4-15,18H,1,16-17H2,2-3H3,(H,26,27). The Morgan fingerprint density at radius 2 is 1.57 bits per heavy atom. The van der Waals surface area contributed by atoms with Crippen molar-refractivity contribution in [1.29, 1.82) is 0 Å². The fourth-order valence-corrected chi connectivity index (χ4v) is 3.12. The average Bonchev–Trinajstić information content (AvgIpc) is 2.74. The molecule has 0 aliphatic rings. The zero-order chi connectivity index (χ0) is 19.9. The first-order chi connectivity index (χ1) is 13.6. The summed E-state index contributed by atoms with van der Waals surface area (Å²) in [4.78, 5) is 12.3. The highest BCUT2D eigenvalue weighted by molar-refractivity contribution is 5.96. The molecule has 1 unspecified atom stereocenters. The van der Waals surface area contributed by atoms with Crippen LogP contribution in [-0.4, -0.2) is 19.6 Å². The first-order valence-electron chi connectivity index (χ1n) is 9.52. The lowest BCUT2D eigenvalue weighted by Gasteiger charge is -2.10. The van der Waals surface area contributed by atoms with Crippen molar-refractivity contribution in [2.75, 3.05) is 13.7 Å². The van der Waals surface area contributed by atoms with Gasteiger partial charge in [0.2, 0.25) is 0 Å². The second-order valence-corrected chi connectivity index (χ2v) is 6.93. The number of hydrogen-bond acceptors (Lipinski definition) is 2. The van der Waals surface area contributed by atoms with Gasteiger partial charge in [-0.1, -0.05) is 67.6 Å². The van der Waals surface area contributed by atoms with Crippen LogP contribution in [0.15, 0.2) is 72.8 Å². The maximum Gasteiger partial charge on any atom is 0.255 e. The Bertz CT molecular complexity index is 912. The maximum atomic E-state index is 12.3. The van der Waals surface area contributed by atoms with E-state index >= 15 is 0 Å². The van der Waals surface area contributed by atoms with Gasteiger partial charge in [0.15, 0.2) is 0 Å². The van der Waals surface area contributed by atoms with Crippen molar-refractivity contribution in [3.63, 3.8) is 0 Å². The molecule has 0 bridgehead atoms. The molecule has 3 nitrogen and oxygen atoms in total. The van der Waals surface area contributed by atoms with E-state index in [9.17, 15) is 4.79 Å². The molecule has 0 saturated heterocycles. The Labute approximate surface area is 167 Å². The predicted molar refractivity (Wildman–Crippen MR) is 115 cm³/mol. The number of carbonyl (C=O) groups is 1. The SMILES string of the molecule is [CH2]C(C)c1ccc(-c2ccc(CCNC(=O)c3ccccc3OC)cc2)cc1. The largest absolute Gasteiger partial charge is 0.496 e. The number of methoxy groups -OCH3 is 1. The van der Waals surface area contributed by atoms with Crippen molar-refractivity contribution in [1.82, 2.24) is 5.32 Å². The summed E-state index contributed by atoms with van der Waals surface area (Å²) in [5.41, 5.74) is 5.36. The summed E-state index contributed by atoms with van der Waals surface area (Å²) in [6.07, 6.45) is 0.777. The smallest absolute Gasteiger partial charge is 0.255 e. The highest BCUT2D eigenvalue weighted by atomic mass is 16.5. The molecule has 0 spiro atoms. The molecule has 0 fully saturated rings. The Morgan fingerprint density at radius 3 is 2.18 bits per heavy atom. The lowest BCUT2D eigenvalue weighted by molar-refractivity contribution is 0.0951. The molecule has 0 saturated carbocycles. The molecule has 0 aliphatic heterocycles. The van der Waals surface area contributed by atoms with Crippen LogP contribution in [0.5, 0.6) is 5.75 Å². The first kappa shape index (κ1) is 19.7. The molecule has 0 heterocycles. The zero-order valence-corrected chi connectivity index (χ0v) is 16.4. The Balaban J connectivity index is 1.56. The molecule has 28 heavy (non-hydrogen) atoms. The predicted octanol–water partition coefficient (Wildman–Crippen LogP) is 5.27. The summed E-state index contributed by atoms with van der Waals surface area (Å²) in [5.74, 6) is 0.764. The average molecular weight is 372 g/mol. The summed E-state index contributed by atoms with van der Waals surface area (Å²) in [6.45, 7) is 6.73. The molecular formula is C25H26NO2. The molecule has 3 aromatic carbocycles. The van der Waals surface area contributed by atoms with Gasteiger partial charge in [0.1, 0.15) is 5.75 Å². The van der Waals surface area contributed by atoms with Gasteiger partial charge in [-0.25, -0.2) is 0 Å². The fourth-order valence-electron chi connectivity index (χ4n) is 3.12. The van der Waals surface area contributed by atoms with Crippen molar-refractivity contribution in [2.24, 2.45) is 0 Å². The number of carbonyl (C=O) groups excluding carboxylic acids is 1. The summed E-state index contributed by atoms with van der Waals surface area (Å²) in [6, 6.07) is 24.3. The molecule has 1 atom stereocenters. The van der Waals surface area contributed by atoms with Gasteiger partial charge < -0.3 is 10.1 Å². The van der Waals surface area contributed by atoms with Gasteiger partial charge in [-0.2, -0.15) is 0 Å². The minimum Gasteiger partial charge on any atom is -0.496 e. The Hall–Kier alpha value is -3.07. The van der Waals surface area contributed by atoms with E-state index in [0.717, 1.165) is 6.42 Å². The van der Waals surface area contributed by atoms with Crippen LogP contribution in [0, 0.1) is 6.92 Å². The number of hydrogen-bond donors (Lipinski definition) is 1.